The van der Waals surface area contributed by atoms with Crippen LogP contribution in [0.4, 0.5) is 5.69 Å². The van der Waals surface area contributed by atoms with Gasteiger partial charge in [-0.15, -0.1) is 0 Å². The molecule has 0 aliphatic carbocycles. The molecule has 1 aliphatic rings. The Morgan fingerprint density at radius 3 is 2.47 bits per heavy atom. The molecule has 178 valence electrons. The molecule has 1 fully saturated rings. The van der Waals surface area contributed by atoms with E-state index >= 15 is 0 Å². The standard InChI is InChI=1S/C27H34N6O/c1-15(2)28-27(34)21-13-20-23(32-9-8-19(14-32)31(6)7)12-18(5)29-25(20)33-24-11-17(4)16(3)10-22(24)30-26(21)33/h10-13,15,19H,8-9,14H2,1-7H3,(H,28,34)/t19-/m0/s1. The molecule has 5 rings (SSSR count). The Hall–Kier alpha value is -3.19. The fraction of sp³-hybridized carbons (Fsp3) is 0.444. The summed E-state index contributed by atoms with van der Waals surface area (Å²) in [7, 11) is 4.29. The lowest BCUT2D eigenvalue weighted by atomic mass is 10.1. The van der Waals surface area contributed by atoms with E-state index in [0.717, 1.165) is 53.0 Å². The molecule has 34 heavy (non-hydrogen) atoms. The summed E-state index contributed by atoms with van der Waals surface area (Å²) >= 11 is 0. The molecule has 1 amide bonds. The molecule has 0 saturated carbocycles. The van der Waals surface area contributed by atoms with Crippen LogP contribution in [0.2, 0.25) is 0 Å². The van der Waals surface area contributed by atoms with Crippen molar-refractivity contribution in [1.29, 1.82) is 0 Å². The molecule has 0 bridgehead atoms. The fourth-order valence-corrected chi connectivity index (χ4v) is 5.05. The number of hydrogen-bond acceptors (Lipinski definition) is 5. The van der Waals surface area contributed by atoms with Gasteiger partial charge < -0.3 is 15.1 Å². The van der Waals surface area contributed by atoms with E-state index in [1.807, 2.05) is 26.8 Å². The first-order chi connectivity index (χ1) is 16.1. The van der Waals surface area contributed by atoms with Crippen LogP contribution in [0.1, 0.15) is 47.4 Å². The van der Waals surface area contributed by atoms with Gasteiger partial charge in [0.25, 0.3) is 5.91 Å². The highest BCUT2D eigenvalue weighted by Crippen LogP contribution is 2.34. The lowest BCUT2D eigenvalue weighted by molar-refractivity contribution is 0.0944. The van der Waals surface area contributed by atoms with E-state index in [9.17, 15) is 4.79 Å². The molecule has 3 aromatic heterocycles. The predicted octanol–water partition coefficient (Wildman–Crippen LogP) is 4.24. The third kappa shape index (κ3) is 3.68. The highest BCUT2D eigenvalue weighted by Gasteiger charge is 2.27. The average molecular weight is 459 g/mol. The molecule has 1 atom stereocenters. The van der Waals surface area contributed by atoms with Crippen LogP contribution in [0, 0.1) is 20.8 Å². The van der Waals surface area contributed by atoms with E-state index in [2.05, 4.69) is 65.7 Å². The van der Waals surface area contributed by atoms with Gasteiger partial charge in [-0.2, -0.15) is 0 Å². The van der Waals surface area contributed by atoms with Crippen LogP contribution in [-0.4, -0.2) is 64.4 Å². The summed E-state index contributed by atoms with van der Waals surface area (Å²) in [5, 5.41) is 4.06. The van der Waals surface area contributed by atoms with Crippen LogP contribution in [0.5, 0.6) is 0 Å². The van der Waals surface area contributed by atoms with Gasteiger partial charge in [-0.3, -0.25) is 9.20 Å². The third-order valence-electron chi connectivity index (χ3n) is 7.05. The summed E-state index contributed by atoms with van der Waals surface area (Å²) < 4.78 is 2.09. The van der Waals surface area contributed by atoms with Crippen molar-refractivity contribution < 1.29 is 4.79 Å². The van der Waals surface area contributed by atoms with Gasteiger partial charge in [0.2, 0.25) is 0 Å². The van der Waals surface area contributed by atoms with Gasteiger partial charge >= 0.3 is 0 Å². The second-order valence-electron chi connectivity index (χ2n) is 10.3. The molecule has 0 unspecified atom stereocenters. The third-order valence-corrected chi connectivity index (χ3v) is 7.05. The van der Waals surface area contributed by atoms with Crippen LogP contribution in [0.25, 0.3) is 27.7 Å². The number of fused-ring (bicyclic) bond motifs is 5. The van der Waals surface area contributed by atoms with Crippen molar-refractivity contribution >= 4 is 39.3 Å². The molecule has 4 heterocycles. The smallest absolute Gasteiger partial charge is 0.255 e. The number of carbonyl (C=O) groups excluding carboxylic acids is 1. The predicted molar refractivity (Wildman–Crippen MR) is 139 cm³/mol. The Morgan fingerprint density at radius 1 is 1.06 bits per heavy atom. The zero-order valence-corrected chi connectivity index (χ0v) is 21.2. The SMILES string of the molecule is Cc1cc(N2CC[C@H](N(C)C)C2)c2cc(C(=O)NC(C)C)c3nc4cc(C)c(C)cc4n3c2n1. The number of aromatic nitrogens is 3. The summed E-state index contributed by atoms with van der Waals surface area (Å²) in [5.41, 5.74) is 8.44. The zero-order chi connectivity index (χ0) is 24.3. The largest absolute Gasteiger partial charge is 0.369 e. The van der Waals surface area contributed by atoms with Crippen LogP contribution < -0.4 is 10.2 Å². The number of pyridine rings is 2. The van der Waals surface area contributed by atoms with Gasteiger partial charge in [0.05, 0.1) is 16.6 Å². The molecular weight excluding hydrogens is 424 g/mol. The number of amides is 1. The van der Waals surface area contributed by atoms with E-state index in [1.165, 1.54) is 11.1 Å². The van der Waals surface area contributed by atoms with Crippen molar-refractivity contribution in [1.82, 2.24) is 24.6 Å². The van der Waals surface area contributed by atoms with E-state index < -0.39 is 0 Å². The van der Waals surface area contributed by atoms with Gasteiger partial charge in [0.15, 0.2) is 5.65 Å². The minimum atomic E-state index is -0.107. The molecule has 0 spiro atoms. The number of likely N-dealkylation sites (N-methyl/N-ethyl adjacent to an activating group) is 1. The van der Waals surface area contributed by atoms with Crippen molar-refractivity contribution in [3.8, 4) is 0 Å². The maximum Gasteiger partial charge on any atom is 0.255 e. The number of rotatable bonds is 4. The number of nitrogens with zero attached hydrogens (tertiary/aromatic N) is 5. The zero-order valence-electron chi connectivity index (χ0n) is 21.2. The van der Waals surface area contributed by atoms with Crippen LogP contribution >= 0.6 is 0 Å². The van der Waals surface area contributed by atoms with Crippen LogP contribution in [-0.2, 0) is 0 Å². The van der Waals surface area contributed by atoms with E-state index in [4.69, 9.17) is 9.97 Å². The first-order valence-electron chi connectivity index (χ1n) is 12.1. The lowest BCUT2D eigenvalue weighted by Crippen LogP contribution is -2.32. The second-order valence-corrected chi connectivity index (χ2v) is 10.3. The molecular formula is C27H34N6O. The Balaban J connectivity index is 1.85. The van der Waals surface area contributed by atoms with Gasteiger partial charge in [0, 0.05) is 41.9 Å². The van der Waals surface area contributed by atoms with Gasteiger partial charge in [-0.25, -0.2) is 9.97 Å². The Labute approximate surface area is 200 Å². The first-order valence-corrected chi connectivity index (χ1v) is 12.1. The topological polar surface area (TPSA) is 65.8 Å². The Bertz CT molecular complexity index is 1430. The lowest BCUT2D eigenvalue weighted by Gasteiger charge is -2.24. The van der Waals surface area contributed by atoms with Crippen molar-refractivity contribution in [2.75, 3.05) is 32.1 Å². The molecule has 1 saturated heterocycles. The van der Waals surface area contributed by atoms with Gasteiger partial charge in [-0.05, 0) is 90.5 Å². The fourth-order valence-electron chi connectivity index (χ4n) is 5.05. The van der Waals surface area contributed by atoms with Crippen LogP contribution in [0.3, 0.4) is 0 Å². The van der Waals surface area contributed by atoms with Crippen molar-refractivity contribution in [2.45, 2.75) is 53.1 Å². The summed E-state index contributed by atoms with van der Waals surface area (Å²) in [6.07, 6.45) is 1.12. The van der Waals surface area contributed by atoms with Gasteiger partial charge in [0.1, 0.15) is 5.65 Å². The van der Waals surface area contributed by atoms with Crippen LogP contribution in [0.15, 0.2) is 24.3 Å². The number of aryl methyl sites for hydroxylation is 3. The van der Waals surface area contributed by atoms with E-state index in [1.54, 1.807) is 0 Å². The Morgan fingerprint density at radius 2 is 1.79 bits per heavy atom. The minimum absolute atomic E-state index is 0.0344. The normalized spacial score (nSPS) is 16.6. The van der Waals surface area contributed by atoms with Crippen molar-refractivity contribution in [3.63, 3.8) is 0 Å². The highest BCUT2D eigenvalue weighted by atomic mass is 16.1. The van der Waals surface area contributed by atoms with E-state index in [-0.39, 0.29) is 11.9 Å². The molecule has 4 aromatic rings. The first kappa shape index (κ1) is 22.6. The number of imidazole rings is 1. The quantitative estimate of drug-likeness (QED) is 0.496. The molecule has 0 radical (unpaired) electrons. The molecule has 7 nitrogen and oxygen atoms in total. The molecule has 1 aliphatic heterocycles. The van der Waals surface area contributed by atoms with Crippen molar-refractivity contribution in [2.24, 2.45) is 0 Å². The van der Waals surface area contributed by atoms with Gasteiger partial charge in [-0.1, -0.05) is 0 Å². The number of nitrogens with one attached hydrogen (secondary N) is 1. The number of carbonyl (C=O) groups is 1. The molecule has 1 aromatic carbocycles. The monoisotopic (exact) mass is 458 g/mol. The number of anilines is 1. The second kappa shape index (κ2) is 8.24. The van der Waals surface area contributed by atoms with Crippen molar-refractivity contribution in [3.05, 3.63) is 46.6 Å². The minimum Gasteiger partial charge on any atom is -0.369 e. The molecule has 1 N–H and O–H groups in total. The van der Waals surface area contributed by atoms with E-state index in [0.29, 0.717) is 17.3 Å². The molecule has 7 heteroatoms. The number of hydrogen-bond donors (Lipinski definition) is 1. The highest BCUT2D eigenvalue weighted by molar-refractivity contribution is 6.07. The summed E-state index contributed by atoms with van der Waals surface area (Å²) in [5.74, 6) is -0.107. The average Bonchev–Trinajstić information content (AvgIpc) is 3.38. The summed E-state index contributed by atoms with van der Waals surface area (Å²) in [4.78, 5) is 28.0. The maximum atomic E-state index is 13.4. The summed E-state index contributed by atoms with van der Waals surface area (Å²) in [6.45, 7) is 12.2. The summed E-state index contributed by atoms with van der Waals surface area (Å²) in [6, 6.07) is 8.97. The maximum absolute atomic E-state index is 13.4. The Kier molecular flexibility index (Phi) is 5.47. The number of benzene rings is 1.